The van der Waals surface area contributed by atoms with Crippen LogP contribution in [0.4, 0.5) is 8.78 Å². The minimum atomic E-state index is -3.83. The summed E-state index contributed by atoms with van der Waals surface area (Å²) >= 11 is 5.71. The van der Waals surface area contributed by atoms with Crippen LogP contribution in [-0.4, -0.2) is 25.0 Å². The second-order valence-electron chi connectivity index (χ2n) is 3.87. The van der Waals surface area contributed by atoms with Crippen LogP contribution in [0.2, 0.25) is 5.02 Å². The van der Waals surface area contributed by atoms with Crippen molar-refractivity contribution in [3.8, 4) is 5.75 Å². The van der Waals surface area contributed by atoms with Crippen LogP contribution in [0, 0.1) is 0 Å². The van der Waals surface area contributed by atoms with Gasteiger partial charge in [0.1, 0.15) is 5.75 Å². The van der Waals surface area contributed by atoms with Gasteiger partial charge in [0.25, 0.3) is 0 Å². The standard InChI is InChI=1S/C11H10ClF2N3O3S/c12-9-3-8(1-2-10(9)20-11(13)14)21(18,19)17-5-7-4-15-6-16-7/h1-4,6,11,17H,5H2,(H,15,16). The zero-order chi connectivity index (χ0) is 15.5. The third kappa shape index (κ3) is 4.13. The van der Waals surface area contributed by atoms with Crippen LogP contribution in [0.1, 0.15) is 5.69 Å². The fourth-order valence-electron chi connectivity index (χ4n) is 1.48. The van der Waals surface area contributed by atoms with Crippen LogP contribution in [0.3, 0.4) is 0 Å². The number of sulfonamides is 1. The molecule has 0 radical (unpaired) electrons. The van der Waals surface area contributed by atoms with Crippen molar-refractivity contribution in [1.29, 1.82) is 0 Å². The molecule has 21 heavy (non-hydrogen) atoms. The molecule has 10 heteroatoms. The number of ether oxygens (including phenoxy) is 1. The lowest BCUT2D eigenvalue weighted by Gasteiger charge is -2.09. The van der Waals surface area contributed by atoms with E-state index < -0.39 is 16.6 Å². The summed E-state index contributed by atoms with van der Waals surface area (Å²) in [5.41, 5.74) is 0.572. The molecular weight excluding hydrogens is 328 g/mol. The van der Waals surface area contributed by atoms with Crippen LogP contribution in [0.15, 0.2) is 35.6 Å². The van der Waals surface area contributed by atoms with Crippen LogP contribution >= 0.6 is 11.6 Å². The SMILES string of the molecule is O=S(=O)(NCc1cnc[nH]1)c1ccc(OC(F)F)c(Cl)c1. The van der Waals surface area contributed by atoms with Gasteiger partial charge in [0.05, 0.1) is 22.8 Å². The Balaban J connectivity index is 2.14. The molecule has 2 rings (SSSR count). The van der Waals surface area contributed by atoms with Crippen molar-refractivity contribution in [3.05, 3.63) is 41.4 Å². The van der Waals surface area contributed by atoms with E-state index in [9.17, 15) is 17.2 Å². The summed E-state index contributed by atoms with van der Waals surface area (Å²) in [7, 11) is -3.83. The van der Waals surface area contributed by atoms with Crippen molar-refractivity contribution < 1.29 is 21.9 Å². The van der Waals surface area contributed by atoms with E-state index in [0.29, 0.717) is 5.69 Å². The third-order valence-corrected chi connectivity index (χ3v) is 4.13. The van der Waals surface area contributed by atoms with E-state index in [2.05, 4.69) is 19.4 Å². The van der Waals surface area contributed by atoms with Crippen molar-refractivity contribution in [2.45, 2.75) is 18.1 Å². The highest BCUT2D eigenvalue weighted by Gasteiger charge is 2.17. The predicted molar refractivity (Wildman–Crippen MR) is 70.7 cm³/mol. The number of aromatic amines is 1. The Morgan fingerprint density at radius 1 is 1.43 bits per heavy atom. The molecule has 1 heterocycles. The second-order valence-corrected chi connectivity index (χ2v) is 6.05. The van der Waals surface area contributed by atoms with Crippen molar-refractivity contribution in [2.75, 3.05) is 0 Å². The second kappa shape index (κ2) is 6.37. The average molecular weight is 338 g/mol. The van der Waals surface area contributed by atoms with Crippen LogP contribution in [0.5, 0.6) is 5.75 Å². The minimum absolute atomic E-state index is 0.00916. The Kier molecular flexibility index (Phi) is 4.76. The molecule has 0 bridgehead atoms. The molecule has 0 fully saturated rings. The number of hydrogen-bond acceptors (Lipinski definition) is 4. The molecule has 0 aliphatic heterocycles. The molecule has 0 saturated carbocycles. The maximum atomic E-state index is 12.1. The molecule has 0 unspecified atom stereocenters. The van der Waals surface area contributed by atoms with Gasteiger partial charge in [-0.2, -0.15) is 8.78 Å². The third-order valence-electron chi connectivity index (χ3n) is 2.44. The number of imidazole rings is 1. The Morgan fingerprint density at radius 3 is 2.76 bits per heavy atom. The summed E-state index contributed by atoms with van der Waals surface area (Å²) in [6, 6.07) is 3.23. The van der Waals surface area contributed by atoms with Gasteiger partial charge in [-0.1, -0.05) is 11.6 Å². The number of H-pyrrole nitrogens is 1. The molecule has 0 aliphatic carbocycles. The maximum absolute atomic E-state index is 12.1. The van der Waals surface area contributed by atoms with Gasteiger partial charge < -0.3 is 9.72 Å². The molecule has 1 aromatic heterocycles. The highest BCUT2D eigenvalue weighted by molar-refractivity contribution is 7.89. The van der Waals surface area contributed by atoms with Gasteiger partial charge in [-0.3, -0.25) is 0 Å². The summed E-state index contributed by atoms with van der Waals surface area (Å²) < 4.78 is 54.7. The van der Waals surface area contributed by atoms with Gasteiger partial charge in [0.15, 0.2) is 0 Å². The summed E-state index contributed by atoms with van der Waals surface area (Å²) in [6.45, 7) is -3.03. The molecule has 2 aromatic rings. The summed E-state index contributed by atoms with van der Waals surface area (Å²) in [4.78, 5) is 6.33. The predicted octanol–water partition coefficient (Wildman–Crippen LogP) is 2.14. The molecular formula is C11H10ClF2N3O3S. The van der Waals surface area contributed by atoms with E-state index in [1.54, 1.807) is 0 Å². The Hall–Kier alpha value is -1.71. The van der Waals surface area contributed by atoms with Gasteiger partial charge in [0.2, 0.25) is 10.0 Å². The van der Waals surface area contributed by atoms with Crippen LogP contribution < -0.4 is 9.46 Å². The summed E-state index contributed by atoms with van der Waals surface area (Å²) in [5, 5.41) is -0.222. The smallest absolute Gasteiger partial charge is 0.387 e. The van der Waals surface area contributed by atoms with Crippen molar-refractivity contribution in [3.63, 3.8) is 0 Å². The van der Waals surface area contributed by atoms with E-state index in [1.165, 1.54) is 12.5 Å². The summed E-state index contributed by atoms with van der Waals surface area (Å²) in [5.74, 6) is -0.292. The Labute approximate surface area is 124 Å². The first kappa shape index (κ1) is 15.7. The quantitative estimate of drug-likeness (QED) is 0.846. The van der Waals surface area contributed by atoms with Gasteiger partial charge in [-0.25, -0.2) is 18.1 Å². The van der Waals surface area contributed by atoms with Crippen LogP contribution in [0.25, 0.3) is 0 Å². The van der Waals surface area contributed by atoms with E-state index >= 15 is 0 Å². The molecule has 0 saturated heterocycles. The first-order valence-electron chi connectivity index (χ1n) is 5.60. The Morgan fingerprint density at radius 2 is 2.19 bits per heavy atom. The monoisotopic (exact) mass is 337 g/mol. The summed E-state index contributed by atoms with van der Waals surface area (Å²) in [6.07, 6.45) is 2.88. The zero-order valence-corrected chi connectivity index (χ0v) is 12.0. The fraction of sp³-hybridized carbons (Fsp3) is 0.182. The highest BCUT2D eigenvalue weighted by atomic mass is 35.5. The zero-order valence-electron chi connectivity index (χ0n) is 10.4. The lowest BCUT2D eigenvalue weighted by Crippen LogP contribution is -2.23. The number of nitrogens with one attached hydrogen (secondary N) is 2. The number of aromatic nitrogens is 2. The van der Waals surface area contributed by atoms with Gasteiger partial charge >= 0.3 is 6.61 Å². The number of rotatable bonds is 6. The molecule has 0 atom stereocenters. The van der Waals surface area contributed by atoms with E-state index in [-0.39, 0.29) is 22.2 Å². The molecule has 2 N–H and O–H groups in total. The first-order valence-corrected chi connectivity index (χ1v) is 7.46. The van der Waals surface area contributed by atoms with E-state index in [0.717, 1.165) is 18.2 Å². The lowest BCUT2D eigenvalue weighted by molar-refractivity contribution is -0.0498. The molecule has 0 aliphatic rings. The van der Waals surface area contributed by atoms with Crippen molar-refractivity contribution >= 4 is 21.6 Å². The normalized spacial score (nSPS) is 11.8. The minimum Gasteiger partial charge on any atom is -0.433 e. The van der Waals surface area contributed by atoms with Crippen LogP contribution in [-0.2, 0) is 16.6 Å². The highest BCUT2D eigenvalue weighted by Crippen LogP contribution is 2.28. The largest absolute Gasteiger partial charge is 0.433 e. The van der Waals surface area contributed by atoms with Gasteiger partial charge in [0, 0.05) is 11.9 Å². The number of alkyl halides is 2. The first-order chi connectivity index (χ1) is 9.88. The molecule has 0 spiro atoms. The molecule has 0 amide bonds. The van der Waals surface area contributed by atoms with Crippen molar-refractivity contribution in [2.24, 2.45) is 0 Å². The molecule has 6 nitrogen and oxygen atoms in total. The fourth-order valence-corrected chi connectivity index (χ4v) is 2.80. The number of halogens is 3. The van der Waals surface area contributed by atoms with E-state index in [1.807, 2.05) is 0 Å². The topological polar surface area (TPSA) is 84.1 Å². The van der Waals surface area contributed by atoms with Crippen molar-refractivity contribution in [1.82, 2.24) is 14.7 Å². The van der Waals surface area contributed by atoms with Gasteiger partial charge in [-0.15, -0.1) is 0 Å². The Bertz CT molecular complexity index is 708. The number of hydrogen-bond donors (Lipinski definition) is 2. The number of benzene rings is 1. The lowest BCUT2D eigenvalue weighted by atomic mass is 10.3. The average Bonchev–Trinajstić information content (AvgIpc) is 2.91. The van der Waals surface area contributed by atoms with Gasteiger partial charge in [-0.05, 0) is 18.2 Å². The maximum Gasteiger partial charge on any atom is 0.387 e. The molecule has 1 aromatic carbocycles. The van der Waals surface area contributed by atoms with E-state index in [4.69, 9.17) is 11.6 Å². The number of nitrogens with zero attached hydrogens (tertiary/aromatic N) is 1. The molecule has 114 valence electrons.